The zero-order chi connectivity index (χ0) is 16.4. The van der Waals surface area contributed by atoms with Gasteiger partial charge in [0.15, 0.2) is 5.75 Å². The molecule has 0 saturated carbocycles. The molecule has 0 aliphatic carbocycles. The molecule has 0 aromatic heterocycles. The van der Waals surface area contributed by atoms with Crippen LogP contribution in [0.3, 0.4) is 0 Å². The van der Waals surface area contributed by atoms with E-state index < -0.39 is 8.25 Å². The molecule has 0 amide bonds. The zero-order valence-electron chi connectivity index (χ0n) is 14.5. The van der Waals surface area contributed by atoms with Crippen LogP contribution in [0.2, 0.25) is 0 Å². The van der Waals surface area contributed by atoms with Crippen molar-refractivity contribution in [3.8, 4) is 5.75 Å². The van der Waals surface area contributed by atoms with E-state index >= 15 is 0 Å². The average Bonchev–Trinajstić information content (AvgIpc) is 2.28. The second-order valence-corrected chi connectivity index (χ2v) is 8.31. The Bertz CT molecular complexity index is 487. The van der Waals surface area contributed by atoms with Crippen LogP contribution in [0.4, 0.5) is 0 Å². The van der Waals surface area contributed by atoms with E-state index in [0.29, 0.717) is 12.4 Å². The maximum atomic E-state index is 12.0. The lowest BCUT2D eigenvalue weighted by Crippen LogP contribution is -2.19. The van der Waals surface area contributed by atoms with Gasteiger partial charge in [-0.15, -0.1) is 4.52 Å². The molecule has 0 heterocycles. The first-order valence-electron chi connectivity index (χ1n) is 7.40. The maximum absolute atomic E-state index is 12.0. The summed E-state index contributed by atoms with van der Waals surface area (Å²) in [4.78, 5) is 0. The third-order valence-corrected chi connectivity index (χ3v) is 4.05. The standard InChI is InChI=1S/C17H28O3P/c1-9-19-21(18)20-15-13(16(3,4)5)10-12(2)11-14(15)17(6,7)8/h10-11H,9H2,1-8H3/q+1. The summed E-state index contributed by atoms with van der Waals surface area (Å²) in [6.07, 6.45) is 0. The van der Waals surface area contributed by atoms with Gasteiger partial charge >= 0.3 is 8.25 Å². The second-order valence-electron chi connectivity index (χ2n) is 7.42. The molecule has 0 aliphatic heterocycles. The predicted octanol–water partition coefficient (Wildman–Crippen LogP) is 5.66. The summed E-state index contributed by atoms with van der Waals surface area (Å²) < 4.78 is 22.8. The molecule has 0 aliphatic rings. The Morgan fingerprint density at radius 2 is 1.43 bits per heavy atom. The molecule has 0 radical (unpaired) electrons. The van der Waals surface area contributed by atoms with Gasteiger partial charge in [0.05, 0.1) is 0 Å². The molecule has 1 unspecified atom stereocenters. The summed E-state index contributed by atoms with van der Waals surface area (Å²) in [6.45, 7) is 17.1. The molecule has 0 saturated heterocycles. The van der Waals surface area contributed by atoms with E-state index in [9.17, 15) is 4.57 Å². The third kappa shape index (κ3) is 4.79. The van der Waals surface area contributed by atoms with Gasteiger partial charge < -0.3 is 0 Å². The molecule has 1 rings (SSSR count). The number of rotatable bonds is 4. The summed E-state index contributed by atoms with van der Waals surface area (Å²) in [7, 11) is -2.14. The van der Waals surface area contributed by atoms with E-state index in [1.54, 1.807) is 6.92 Å². The van der Waals surface area contributed by atoms with Crippen molar-refractivity contribution in [2.75, 3.05) is 6.61 Å². The Morgan fingerprint density at radius 3 is 1.76 bits per heavy atom. The lowest BCUT2D eigenvalue weighted by atomic mass is 9.78. The van der Waals surface area contributed by atoms with E-state index in [-0.39, 0.29) is 10.8 Å². The molecule has 3 nitrogen and oxygen atoms in total. The molecule has 21 heavy (non-hydrogen) atoms. The fourth-order valence-electron chi connectivity index (χ4n) is 2.19. The smallest absolute Gasteiger partial charge is 0.229 e. The topological polar surface area (TPSA) is 35.5 Å². The Labute approximate surface area is 130 Å². The summed E-state index contributed by atoms with van der Waals surface area (Å²) in [5.41, 5.74) is 3.13. The molecule has 1 aromatic carbocycles. The molecule has 0 fully saturated rings. The van der Waals surface area contributed by atoms with Crippen LogP contribution >= 0.6 is 8.25 Å². The molecular weight excluding hydrogens is 283 g/mol. The van der Waals surface area contributed by atoms with E-state index in [2.05, 4.69) is 60.6 Å². The SMILES string of the molecule is CCO[P+](=O)Oc1c(C(C)(C)C)cc(C)cc1C(C)(C)C. The van der Waals surface area contributed by atoms with Crippen molar-refractivity contribution in [3.63, 3.8) is 0 Å². The highest BCUT2D eigenvalue weighted by Crippen LogP contribution is 2.44. The van der Waals surface area contributed by atoms with Crippen molar-refractivity contribution in [1.29, 1.82) is 0 Å². The lowest BCUT2D eigenvalue weighted by Gasteiger charge is -2.27. The van der Waals surface area contributed by atoms with Crippen molar-refractivity contribution in [2.45, 2.75) is 66.2 Å². The van der Waals surface area contributed by atoms with Crippen LogP contribution in [-0.2, 0) is 19.9 Å². The Morgan fingerprint density at radius 1 is 1.00 bits per heavy atom. The van der Waals surface area contributed by atoms with Crippen LogP contribution in [-0.4, -0.2) is 6.61 Å². The van der Waals surface area contributed by atoms with Crippen LogP contribution in [0.25, 0.3) is 0 Å². The molecular formula is C17H28O3P+. The van der Waals surface area contributed by atoms with Gasteiger partial charge in [0.1, 0.15) is 6.61 Å². The molecule has 118 valence electrons. The predicted molar refractivity (Wildman–Crippen MR) is 88.4 cm³/mol. The Kier molecular flexibility index (Phi) is 5.57. The van der Waals surface area contributed by atoms with Gasteiger partial charge in [0.2, 0.25) is 0 Å². The molecule has 0 N–H and O–H groups in total. The lowest BCUT2D eigenvalue weighted by molar-refractivity contribution is 0.298. The van der Waals surface area contributed by atoms with E-state index in [1.165, 1.54) is 5.56 Å². The van der Waals surface area contributed by atoms with Gasteiger partial charge in [-0.25, -0.2) is 4.52 Å². The zero-order valence-corrected chi connectivity index (χ0v) is 15.4. The highest BCUT2D eigenvalue weighted by Gasteiger charge is 2.33. The van der Waals surface area contributed by atoms with Crippen molar-refractivity contribution < 1.29 is 13.6 Å². The number of aryl methyl sites for hydroxylation is 1. The van der Waals surface area contributed by atoms with E-state index in [4.69, 9.17) is 9.05 Å². The van der Waals surface area contributed by atoms with Crippen molar-refractivity contribution in [1.82, 2.24) is 0 Å². The van der Waals surface area contributed by atoms with Crippen molar-refractivity contribution in [2.24, 2.45) is 0 Å². The number of benzene rings is 1. The van der Waals surface area contributed by atoms with Gasteiger partial charge in [0, 0.05) is 15.7 Å². The van der Waals surface area contributed by atoms with Gasteiger partial charge in [-0.1, -0.05) is 59.2 Å². The van der Waals surface area contributed by atoms with Crippen LogP contribution < -0.4 is 4.52 Å². The maximum Gasteiger partial charge on any atom is 0.750 e. The molecule has 0 bridgehead atoms. The minimum Gasteiger partial charge on any atom is -0.229 e. The first kappa shape index (κ1) is 18.1. The third-order valence-electron chi connectivity index (χ3n) is 3.25. The summed E-state index contributed by atoms with van der Waals surface area (Å²) in [5.74, 6) is 0.704. The summed E-state index contributed by atoms with van der Waals surface area (Å²) in [6, 6.07) is 4.22. The van der Waals surface area contributed by atoms with Crippen molar-refractivity contribution >= 4 is 8.25 Å². The Hall–Kier alpha value is -0.920. The minimum absolute atomic E-state index is 0.0935. The largest absolute Gasteiger partial charge is 0.750 e. The molecule has 1 atom stereocenters. The van der Waals surface area contributed by atoms with Crippen LogP contribution in [0.15, 0.2) is 12.1 Å². The number of hydrogen-bond acceptors (Lipinski definition) is 3. The fourth-order valence-corrected chi connectivity index (χ4v) is 2.80. The first-order chi connectivity index (χ1) is 9.46. The average molecular weight is 311 g/mol. The van der Waals surface area contributed by atoms with Gasteiger partial charge in [0.25, 0.3) is 0 Å². The van der Waals surface area contributed by atoms with Gasteiger partial charge in [-0.3, -0.25) is 0 Å². The van der Waals surface area contributed by atoms with E-state index in [0.717, 1.165) is 11.1 Å². The van der Waals surface area contributed by atoms with Gasteiger partial charge in [-0.2, -0.15) is 0 Å². The van der Waals surface area contributed by atoms with Crippen LogP contribution in [0.5, 0.6) is 5.75 Å². The highest BCUT2D eigenvalue weighted by atomic mass is 31.1. The second kappa shape index (κ2) is 6.46. The summed E-state index contributed by atoms with van der Waals surface area (Å²) in [5, 5.41) is 0. The Balaban J connectivity index is 3.50. The van der Waals surface area contributed by atoms with Crippen LogP contribution in [0, 0.1) is 6.92 Å². The monoisotopic (exact) mass is 311 g/mol. The first-order valence-corrected chi connectivity index (χ1v) is 8.50. The van der Waals surface area contributed by atoms with Crippen LogP contribution in [0.1, 0.15) is 65.2 Å². The highest BCUT2D eigenvalue weighted by molar-refractivity contribution is 7.33. The minimum atomic E-state index is -2.14. The summed E-state index contributed by atoms with van der Waals surface area (Å²) >= 11 is 0. The molecule has 1 aromatic rings. The molecule has 4 heteroatoms. The number of hydrogen-bond donors (Lipinski definition) is 0. The van der Waals surface area contributed by atoms with E-state index in [1.807, 2.05) is 0 Å². The quantitative estimate of drug-likeness (QED) is 0.673. The fraction of sp³-hybridized carbons (Fsp3) is 0.647. The van der Waals surface area contributed by atoms with Crippen molar-refractivity contribution in [3.05, 3.63) is 28.8 Å². The van der Waals surface area contributed by atoms with Gasteiger partial charge in [-0.05, 0) is 24.7 Å². The molecule has 0 spiro atoms. The normalized spacial score (nSPS) is 13.2.